The van der Waals surface area contributed by atoms with Crippen LogP contribution in [0.4, 0.5) is 0 Å². The lowest BCUT2D eigenvalue weighted by Crippen LogP contribution is -2.35. The highest BCUT2D eigenvalue weighted by molar-refractivity contribution is 5.83. The molecule has 1 aromatic rings. The fourth-order valence-corrected chi connectivity index (χ4v) is 1.72. The van der Waals surface area contributed by atoms with Crippen LogP contribution in [-0.4, -0.2) is 21.6 Å². The van der Waals surface area contributed by atoms with Crippen LogP contribution in [0.15, 0.2) is 18.3 Å². The Kier molecular flexibility index (Phi) is 1.74. The van der Waals surface area contributed by atoms with Crippen molar-refractivity contribution in [3.63, 3.8) is 0 Å². The van der Waals surface area contributed by atoms with Crippen molar-refractivity contribution in [3.8, 4) is 0 Å². The molecule has 0 bridgehead atoms. The molecular formula is C10H8N2O2. The molecule has 0 saturated carbocycles. The van der Waals surface area contributed by atoms with Crippen molar-refractivity contribution in [2.45, 2.75) is 18.4 Å². The zero-order valence-electron chi connectivity index (χ0n) is 7.40. The molecule has 1 aliphatic rings. The second-order valence-electron chi connectivity index (χ2n) is 3.41. The summed E-state index contributed by atoms with van der Waals surface area (Å²) in [7, 11) is 0. The van der Waals surface area contributed by atoms with Crippen molar-refractivity contribution < 1.29 is 9.90 Å². The third-order valence-corrected chi connectivity index (χ3v) is 2.54. The fourth-order valence-electron chi connectivity index (χ4n) is 1.72. The van der Waals surface area contributed by atoms with Gasteiger partial charge in [-0.25, -0.2) is 11.4 Å². The monoisotopic (exact) mass is 188 g/mol. The van der Waals surface area contributed by atoms with Crippen molar-refractivity contribution in [1.29, 1.82) is 0 Å². The maximum absolute atomic E-state index is 11.0. The first kappa shape index (κ1) is 8.70. The van der Waals surface area contributed by atoms with Gasteiger partial charge >= 0.3 is 11.5 Å². The molecule has 0 amide bonds. The molecule has 1 atom stereocenters. The van der Waals surface area contributed by atoms with E-state index in [4.69, 9.17) is 11.7 Å². The fraction of sp³-hybridized carbons (Fsp3) is 0.300. The minimum atomic E-state index is -1.31. The zero-order valence-corrected chi connectivity index (χ0v) is 7.40. The predicted octanol–water partition coefficient (Wildman–Crippen LogP) is 0.923. The first-order chi connectivity index (χ1) is 6.68. The van der Waals surface area contributed by atoms with Gasteiger partial charge in [-0.2, -0.15) is 0 Å². The Morgan fingerprint density at radius 1 is 1.64 bits per heavy atom. The van der Waals surface area contributed by atoms with Gasteiger partial charge in [-0.1, -0.05) is 6.07 Å². The van der Waals surface area contributed by atoms with E-state index in [0.717, 1.165) is 11.3 Å². The summed E-state index contributed by atoms with van der Waals surface area (Å²) < 4.78 is 0. The summed E-state index contributed by atoms with van der Waals surface area (Å²) in [6.45, 7) is 6.97. The van der Waals surface area contributed by atoms with E-state index in [0.29, 0.717) is 0 Å². The highest BCUT2D eigenvalue weighted by Gasteiger charge is 2.51. The number of hydrogen-bond donors (Lipinski definition) is 1. The Morgan fingerprint density at radius 3 is 3.00 bits per heavy atom. The Labute approximate surface area is 81.0 Å². The minimum absolute atomic E-state index is 0.224. The molecule has 0 aliphatic heterocycles. The second-order valence-corrected chi connectivity index (χ2v) is 3.41. The zero-order chi connectivity index (χ0) is 10.2. The van der Waals surface area contributed by atoms with E-state index in [-0.39, 0.29) is 12.8 Å². The number of rotatable bonds is 1. The number of hydrogen-bond acceptors (Lipinski definition) is 2. The van der Waals surface area contributed by atoms with Crippen LogP contribution in [0.1, 0.15) is 11.3 Å². The van der Waals surface area contributed by atoms with Gasteiger partial charge in [-0.05, 0) is 11.6 Å². The van der Waals surface area contributed by atoms with Crippen LogP contribution in [0.5, 0.6) is 0 Å². The molecule has 1 aliphatic carbocycles. The maximum Gasteiger partial charge on any atom is 0.391 e. The lowest BCUT2D eigenvalue weighted by molar-refractivity contribution is -0.141. The molecule has 1 heterocycles. The number of carbonyl (C=O) groups is 1. The number of fused-ring (bicyclic) bond motifs is 1. The van der Waals surface area contributed by atoms with E-state index < -0.39 is 11.5 Å². The van der Waals surface area contributed by atoms with Gasteiger partial charge < -0.3 is 5.11 Å². The largest absolute Gasteiger partial charge is 0.475 e. The average molecular weight is 188 g/mol. The summed E-state index contributed by atoms with van der Waals surface area (Å²) >= 11 is 0. The molecule has 0 aromatic carbocycles. The predicted molar refractivity (Wildman–Crippen MR) is 48.6 cm³/mol. The van der Waals surface area contributed by atoms with E-state index in [9.17, 15) is 4.79 Å². The van der Waals surface area contributed by atoms with E-state index in [1.165, 1.54) is 0 Å². The van der Waals surface area contributed by atoms with E-state index in [1.54, 1.807) is 12.3 Å². The van der Waals surface area contributed by atoms with Crippen LogP contribution >= 0.6 is 0 Å². The molecule has 1 aromatic heterocycles. The van der Waals surface area contributed by atoms with Crippen molar-refractivity contribution in [3.05, 3.63) is 41.0 Å². The summed E-state index contributed by atoms with van der Waals surface area (Å²) in [5, 5.41) is 8.99. The molecule has 0 spiro atoms. The Balaban J connectivity index is 2.44. The molecule has 1 N–H and O–H groups in total. The number of nitrogens with zero attached hydrogens (tertiary/aromatic N) is 2. The lowest BCUT2D eigenvalue weighted by Gasteiger charge is -2.07. The smallest absolute Gasteiger partial charge is 0.391 e. The summed E-state index contributed by atoms with van der Waals surface area (Å²) in [6.07, 6.45) is 2.12. The molecule has 0 saturated heterocycles. The average Bonchev–Trinajstić information content (AvgIpc) is 2.57. The Morgan fingerprint density at radius 2 is 2.43 bits per heavy atom. The maximum atomic E-state index is 11.0. The van der Waals surface area contributed by atoms with Gasteiger partial charge in [0.2, 0.25) is 0 Å². The summed E-state index contributed by atoms with van der Waals surface area (Å²) in [5.74, 6) is -1.05. The molecule has 0 radical (unpaired) electrons. The first-order valence-corrected chi connectivity index (χ1v) is 4.23. The number of carboxylic acids is 1. The van der Waals surface area contributed by atoms with E-state index >= 15 is 0 Å². The number of pyridine rings is 1. The van der Waals surface area contributed by atoms with Crippen molar-refractivity contribution in [1.82, 2.24) is 4.98 Å². The van der Waals surface area contributed by atoms with Crippen LogP contribution in [0.25, 0.3) is 4.85 Å². The van der Waals surface area contributed by atoms with Gasteiger partial charge in [0, 0.05) is 6.20 Å². The minimum Gasteiger partial charge on any atom is -0.475 e. The van der Waals surface area contributed by atoms with Gasteiger partial charge in [0.1, 0.15) is 0 Å². The molecule has 0 fully saturated rings. The molecule has 1 unspecified atom stereocenters. The van der Waals surface area contributed by atoms with Gasteiger partial charge in [-0.15, -0.1) is 0 Å². The summed E-state index contributed by atoms with van der Waals surface area (Å²) in [5.41, 5.74) is 0.313. The van der Waals surface area contributed by atoms with Crippen LogP contribution in [0.2, 0.25) is 0 Å². The number of aromatic nitrogens is 1. The molecular weight excluding hydrogens is 180 g/mol. The Hall–Kier alpha value is -1.89. The van der Waals surface area contributed by atoms with Gasteiger partial charge in [0.15, 0.2) is 0 Å². The lowest BCUT2D eigenvalue weighted by atomic mass is 9.98. The third kappa shape index (κ3) is 1.06. The number of carboxylic acid groups (broad SMARTS) is 1. The highest BCUT2D eigenvalue weighted by Crippen LogP contribution is 2.31. The van der Waals surface area contributed by atoms with Gasteiger partial charge in [0.05, 0.1) is 18.5 Å². The summed E-state index contributed by atoms with van der Waals surface area (Å²) in [4.78, 5) is 18.3. The second kappa shape index (κ2) is 2.81. The molecule has 70 valence electrons. The number of aliphatic carboxylic acids is 1. The quantitative estimate of drug-likeness (QED) is 0.667. The van der Waals surface area contributed by atoms with Crippen molar-refractivity contribution >= 4 is 5.97 Å². The van der Waals surface area contributed by atoms with E-state index in [1.807, 2.05) is 6.07 Å². The summed E-state index contributed by atoms with van der Waals surface area (Å²) in [6, 6.07) is 3.60. The first-order valence-electron chi connectivity index (χ1n) is 4.23. The normalized spacial score (nSPS) is 23.9. The molecule has 2 rings (SSSR count). The SMILES string of the molecule is [C-]#[N+]C1(C(=O)O)Cc2cccnc2C1. The standard InChI is InChI=1S/C10H8N2O2/c1-11-10(9(13)14)5-7-3-2-4-12-8(7)6-10/h2-4H,5-6H2,(H,13,14). The van der Waals surface area contributed by atoms with Crippen molar-refractivity contribution in [2.24, 2.45) is 0 Å². The topological polar surface area (TPSA) is 54.5 Å². The van der Waals surface area contributed by atoms with E-state index in [2.05, 4.69) is 9.83 Å². The Bertz CT molecular complexity index is 409. The molecule has 4 heteroatoms. The van der Waals surface area contributed by atoms with Crippen LogP contribution in [-0.2, 0) is 17.6 Å². The van der Waals surface area contributed by atoms with Crippen LogP contribution in [0.3, 0.4) is 0 Å². The third-order valence-electron chi connectivity index (χ3n) is 2.54. The highest BCUT2D eigenvalue weighted by atomic mass is 16.4. The van der Waals surface area contributed by atoms with Gasteiger partial charge in [-0.3, -0.25) is 9.83 Å². The molecule has 14 heavy (non-hydrogen) atoms. The van der Waals surface area contributed by atoms with Crippen LogP contribution < -0.4 is 0 Å². The van der Waals surface area contributed by atoms with Crippen molar-refractivity contribution in [2.75, 3.05) is 0 Å². The molecule has 4 nitrogen and oxygen atoms in total. The van der Waals surface area contributed by atoms with Crippen LogP contribution in [0, 0.1) is 6.57 Å². The van der Waals surface area contributed by atoms with Gasteiger partial charge in [0.25, 0.3) is 0 Å².